The van der Waals surface area contributed by atoms with Gasteiger partial charge in [-0.2, -0.15) is 8.42 Å². The van der Waals surface area contributed by atoms with Gasteiger partial charge in [-0.05, 0) is 30.3 Å². The van der Waals surface area contributed by atoms with Crippen LogP contribution in [0.5, 0.6) is 11.5 Å². The second-order valence-corrected chi connectivity index (χ2v) is 8.71. The molecule has 0 aliphatic heterocycles. The summed E-state index contributed by atoms with van der Waals surface area (Å²) < 4.78 is 34.3. The number of pyridine rings is 1. The first-order valence-electron chi connectivity index (χ1n) is 8.20. The summed E-state index contributed by atoms with van der Waals surface area (Å²) in [5.41, 5.74) is 5.83. The van der Waals surface area contributed by atoms with E-state index in [1.54, 1.807) is 12.1 Å². The number of hydrogen-bond acceptors (Lipinski definition) is 6. The van der Waals surface area contributed by atoms with Crippen LogP contribution in [0.15, 0.2) is 64.2 Å². The summed E-state index contributed by atoms with van der Waals surface area (Å²) in [6.07, 6.45) is 2.86. The molecule has 2 N–H and O–H groups in total. The van der Waals surface area contributed by atoms with E-state index in [0.29, 0.717) is 5.56 Å². The molecule has 0 amide bonds. The van der Waals surface area contributed by atoms with E-state index in [2.05, 4.69) is 9.38 Å². The van der Waals surface area contributed by atoms with E-state index in [4.69, 9.17) is 45.3 Å². The van der Waals surface area contributed by atoms with Gasteiger partial charge in [0.2, 0.25) is 0 Å². The maximum Gasteiger partial charge on any atom is 0.284 e. The molecule has 0 saturated carbocycles. The monoisotopic (exact) mass is 500 g/mol. The largest absolute Gasteiger partial charge is 0.453 e. The van der Waals surface area contributed by atoms with Crippen LogP contribution in [-0.4, -0.2) is 24.2 Å². The van der Waals surface area contributed by atoms with Gasteiger partial charge in [0.05, 0.1) is 24.9 Å². The lowest BCUT2D eigenvalue weighted by molar-refractivity contribution is -0.384. The Kier molecular flexibility index (Phi) is 6.65. The van der Waals surface area contributed by atoms with Crippen molar-refractivity contribution in [1.82, 2.24) is 4.98 Å². The van der Waals surface area contributed by atoms with E-state index < -0.39 is 14.9 Å². The molecule has 0 radical (unpaired) electrons. The fourth-order valence-electron chi connectivity index (χ4n) is 2.33. The van der Waals surface area contributed by atoms with E-state index in [0.717, 1.165) is 18.2 Å². The van der Waals surface area contributed by atoms with Crippen LogP contribution in [0.25, 0.3) is 0 Å². The highest BCUT2D eigenvalue weighted by molar-refractivity contribution is 7.90. The molecule has 3 aromatic rings. The molecule has 1 aromatic heterocycles. The van der Waals surface area contributed by atoms with Crippen molar-refractivity contribution in [3.8, 4) is 11.5 Å². The molecule has 1 heterocycles. The summed E-state index contributed by atoms with van der Waals surface area (Å²) in [4.78, 5) is 13.7. The number of aromatic nitrogens is 1. The van der Waals surface area contributed by atoms with Gasteiger partial charge in [-0.3, -0.25) is 15.1 Å². The molecule has 13 heteroatoms. The summed E-state index contributed by atoms with van der Waals surface area (Å²) >= 11 is 18.3. The Hall–Kier alpha value is -2.92. The molecule has 0 bridgehead atoms. The summed E-state index contributed by atoms with van der Waals surface area (Å²) in [6, 6.07) is 8.82. The number of ether oxygens (including phenoxy) is 1. The second-order valence-electron chi connectivity index (χ2n) is 5.88. The van der Waals surface area contributed by atoms with Crippen molar-refractivity contribution in [1.29, 1.82) is 0 Å². The average Bonchev–Trinajstić information content (AvgIpc) is 2.71. The van der Waals surface area contributed by atoms with Gasteiger partial charge in [-0.1, -0.05) is 34.8 Å². The normalized spacial score (nSPS) is 11.9. The molecule has 0 saturated heterocycles. The number of hydrogen-bond donors (Lipinski definition) is 1. The molecular weight excluding hydrogens is 491 g/mol. The van der Waals surface area contributed by atoms with Crippen molar-refractivity contribution >= 4 is 56.3 Å². The zero-order valence-electron chi connectivity index (χ0n) is 15.2. The minimum atomic E-state index is -4.26. The molecule has 2 aromatic carbocycles. The Labute approximate surface area is 191 Å². The van der Waals surface area contributed by atoms with E-state index >= 15 is 0 Å². The number of nitrogens with zero attached hydrogens (tertiary/aromatic N) is 3. The summed E-state index contributed by atoms with van der Waals surface area (Å²) in [7, 11) is -4.26. The first-order chi connectivity index (χ1) is 14.6. The van der Waals surface area contributed by atoms with Crippen LogP contribution >= 0.6 is 34.8 Å². The third-order valence-corrected chi connectivity index (χ3v) is 5.91. The first kappa shape index (κ1) is 22.8. The SMILES string of the molecule is NC(=NS(=O)(=O)c1cc(Cl)c(Oc2ccc([N+](=O)[O-])cc2Cl)c(Cl)c1)c1cccnc1. The van der Waals surface area contributed by atoms with Crippen LogP contribution < -0.4 is 10.5 Å². The van der Waals surface area contributed by atoms with E-state index in [1.807, 2.05) is 0 Å². The smallest absolute Gasteiger partial charge is 0.284 e. The fraction of sp³-hybridized carbons (Fsp3) is 0. The molecule has 0 spiro atoms. The molecule has 9 nitrogen and oxygen atoms in total. The Morgan fingerprint density at radius 1 is 1.10 bits per heavy atom. The van der Waals surface area contributed by atoms with Crippen LogP contribution in [0.1, 0.15) is 5.56 Å². The van der Waals surface area contributed by atoms with Crippen LogP contribution in [0.3, 0.4) is 0 Å². The number of benzene rings is 2. The number of nitrogens with two attached hydrogens (primary N) is 1. The molecule has 0 fully saturated rings. The highest BCUT2D eigenvalue weighted by Crippen LogP contribution is 2.41. The maximum absolute atomic E-state index is 12.6. The standard InChI is InChI=1S/C18H11Cl3N4O5S/c19-13-6-11(25(26)27)3-4-16(13)30-17-14(20)7-12(8-15(17)21)31(28,29)24-18(22)10-2-1-5-23-9-10/h1-9H,(H2,22,24). The number of nitro groups is 1. The Morgan fingerprint density at radius 2 is 1.77 bits per heavy atom. The maximum atomic E-state index is 12.6. The Bertz CT molecular complexity index is 1280. The zero-order valence-corrected chi connectivity index (χ0v) is 18.3. The third kappa shape index (κ3) is 5.23. The first-order valence-corrected chi connectivity index (χ1v) is 10.8. The Balaban J connectivity index is 1.94. The average molecular weight is 502 g/mol. The predicted octanol–water partition coefficient (Wildman–Crippen LogP) is 4.84. The molecule has 160 valence electrons. The van der Waals surface area contributed by atoms with Gasteiger partial charge >= 0.3 is 0 Å². The van der Waals surface area contributed by atoms with Crippen molar-refractivity contribution in [2.45, 2.75) is 4.90 Å². The van der Waals surface area contributed by atoms with Gasteiger partial charge in [0, 0.05) is 30.1 Å². The van der Waals surface area contributed by atoms with Crippen LogP contribution in [0.2, 0.25) is 15.1 Å². The van der Waals surface area contributed by atoms with Gasteiger partial charge in [0.15, 0.2) is 5.75 Å². The van der Waals surface area contributed by atoms with Crippen molar-refractivity contribution < 1.29 is 18.1 Å². The van der Waals surface area contributed by atoms with Crippen molar-refractivity contribution in [3.63, 3.8) is 0 Å². The van der Waals surface area contributed by atoms with E-state index in [1.165, 1.54) is 24.5 Å². The number of non-ortho nitro benzene ring substituents is 1. The topological polar surface area (TPSA) is 138 Å². The highest BCUT2D eigenvalue weighted by Gasteiger charge is 2.21. The van der Waals surface area contributed by atoms with E-state index in [-0.39, 0.29) is 43.0 Å². The molecule has 31 heavy (non-hydrogen) atoms. The molecule has 0 aliphatic rings. The van der Waals surface area contributed by atoms with Gasteiger partial charge in [0.25, 0.3) is 15.7 Å². The summed E-state index contributed by atoms with van der Waals surface area (Å²) in [5, 5.41) is 10.4. The third-order valence-electron chi connectivity index (χ3n) is 3.78. The van der Waals surface area contributed by atoms with Gasteiger partial charge in [0.1, 0.15) is 11.6 Å². The quantitative estimate of drug-likeness (QED) is 0.221. The lowest BCUT2D eigenvalue weighted by Crippen LogP contribution is -2.16. The Morgan fingerprint density at radius 3 is 2.32 bits per heavy atom. The second kappa shape index (κ2) is 9.06. The van der Waals surface area contributed by atoms with Crippen LogP contribution in [0.4, 0.5) is 5.69 Å². The number of halogens is 3. The van der Waals surface area contributed by atoms with E-state index in [9.17, 15) is 18.5 Å². The lowest BCUT2D eigenvalue weighted by atomic mass is 10.3. The van der Waals surface area contributed by atoms with Gasteiger partial charge < -0.3 is 10.5 Å². The highest BCUT2D eigenvalue weighted by atomic mass is 35.5. The lowest BCUT2D eigenvalue weighted by Gasteiger charge is -2.12. The van der Waals surface area contributed by atoms with Gasteiger partial charge in [-0.15, -0.1) is 4.40 Å². The molecule has 3 rings (SSSR count). The van der Waals surface area contributed by atoms with Crippen molar-refractivity contribution in [3.05, 3.63) is 85.6 Å². The summed E-state index contributed by atoms with van der Waals surface area (Å²) in [5.74, 6) is -0.328. The van der Waals surface area contributed by atoms with Crippen molar-refractivity contribution in [2.75, 3.05) is 0 Å². The fourth-order valence-corrected chi connectivity index (χ4v) is 4.24. The molecule has 0 aliphatic carbocycles. The van der Waals surface area contributed by atoms with Crippen molar-refractivity contribution in [2.24, 2.45) is 10.1 Å². The minimum absolute atomic E-state index is 0.0329. The number of amidine groups is 1. The predicted molar refractivity (Wildman–Crippen MR) is 117 cm³/mol. The number of nitro benzene ring substituents is 1. The summed E-state index contributed by atoms with van der Waals surface area (Å²) in [6.45, 7) is 0. The number of rotatable bonds is 6. The molecular formula is C18H11Cl3N4O5S. The van der Waals surface area contributed by atoms with Crippen LogP contribution in [0, 0.1) is 10.1 Å². The number of sulfonamides is 1. The minimum Gasteiger partial charge on any atom is -0.453 e. The molecule has 0 unspecified atom stereocenters. The van der Waals surface area contributed by atoms with Gasteiger partial charge in [-0.25, -0.2) is 0 Å². The molecule has 0 atom stereocenters. The zero-order chi connectivity index (χ0) is 22.8. The van der Waals surface area contributed by atoms with Crippen LogP contribution in [-0.2, 0) is 10.0 Å².